The number of carbonyl (C=O) groups is 1. The Kier molecular flexibility index (Phi) is 3.33. The van der Waals surface area contributed by atoms with Crippen molar-refractivity contribution in [3.63, 3.8) is 0 Å². The fourth-order valence-electron chi connectivity index (χ4n) is 3.16. The fourth-order valence-corrected chi connectivity index (χ4v) is 3.16. The van der Waals surface area contributed by atoms with Crippen molar-refractivity contribution in [1.29, 1.82) is 0 Å². The number of para-hydroxylation sites is 2. The van der Waals surface area contributed by atoms with Crippen molar-refractivity contribution in [2.24, 2.45) is 0 Å². The summed E-state index contributed by atoms with van der Waals surface area (Å²) in [4.78, 5) is 23.1. The number of amides is 1. The van der Waals surface area contributed by atoms with Gasteiger partial charge in [-0.15, -0.1) is 0 Å². The van der Waals surface area contributed by atoms with Gasteiger partial charge in [0.1, 0.15) is 6.04 Å². The van der Waals surface area contributed by atoms with Crippen LogP contribution in [-0.2, 0) is 4.79 Å². The van der Waals surface area contributed by atoms with E-state index in [0.717, 1.165) is 24.1 Å². The number of hydrogen-bond donors (Lipinski definition) is 0. The number of benzene rings is 1. The molecular weight excluding hydrogens is 288 g/mol. The van der Waals surface area contributed by atoms with Gasteiger partial charge in [0.2, 0.25) is 5.91 Å². The summed E-state index contributed by atoms with van der Waals surface area (Å²) < 4.78 is 1.95. The Hall–Kier alpha value is -2.69. The Morgan fingerprint density at radius 1 is 1.22 bits per heavy atom. The van der Waals surface area contributed by atoms with Crippen molar-refractivity contribution in [2.45, 2.75) is 18.9 Å². The molecular formula is C18H18N4O. The fraction of sp³-hybridized carbons (Fsp3) is 0.278. The Morgan fingerprint density at radius 2 is 2.04 bits per heavy atom. The third-order valence-electron chi connectivity index (χ3n) is 4.60. The van der Waals surface area contributed by atoms with Crippen LogP contribution in [0.25, 0.3) is 11.0 Å². The lowest BCUT2D eigenvalue weighted by atomic mass is 9.92. The molecule has 1 aromatic carbocycles. The smallest absolute Gasteiger partial charge is 0.245 e. The van der Waals surface area contributed by atoms with Gasteiger partial charge in [-0.3, -0.25) is 9.78 Å². The highest BCUT2D eigenvalue weighted by Crippen LogP contribution is 2.29. The molecule has 5 heteroatoms. The average Bonchev–Trinajstić information content (AvgIpc) is 2.97. The molecule has 1 aliphatic heterocycles. The van der Waals surface area contributed by atoms with Crippen molar-refractivity contribution < 1.29 is 4.79 Å². The van der Waals surface area contributed by atoms with E-state index < -0.39 is 0 Å². The van der Waals surface area contributed by atoms with Crippen molar-refractivity contribution in [3.8, 4) is 0 Å². The predicted molar refractivity (Wildman–Crippen MR) is 88.0 cm³/mol. The molecule has 2 aromatic heterocycles. The van der Waals surface area contributed by atoms with Crippen LogP contribution in [0.1, 0.15) is 24.4 Å². The Balaban J connectivity index is 1.48. The van der Waals surface area contributed by atoms with Crippen LogP contribution in [0.4, 0.5) is 0 Å². The van der Waals surface area contributed by atoms with Gasteiger partial charge in [-0.2, -0.15) is 0 Å². The summed E-state index contributed by atoms with van der Waals surface area (Å²) in [6.07, 6.45) is 5.42. The van der Waals surface area contributed by atoms with E-state index in [-0.39, 0.29) is 11.9 Å². The number of imidazole rings is 1. The van der Waals surface area contributed by atoms with Gasteiger partial charge in [0.05, 0.1) is 17.4 Å². The highest BCUT2D eigenvalue weighted by molar-refractivity contribution is 5.84. The van der Waals surface area contributed by atoms with Gasteiger partial charge in [-0.25, -0.2) is 4.98 Å². The number of fused-ring (bicyclic) bond motifs is 1. The van der Waals surface area contributed by atoms with E-state index in [1.165, 1.54) is 5.56 Å². The van der Waals surface area contributed by atoms with Gasteiger partial charge in [0.15, 0.2) is 0 Å². The Bertz CT molecular complexity index is 836. The zero-order valence-electron chi connectivity index (χ0n) is 13.0. The van der Waals surface area contributed by atoms with Crippen molar-refractivity contribution in [3.05, 3.63) is 60.7 Å². The van der Waals surface area contributed by atoms with Crippen LogP contribution in [0.5, 0.6) is 0 Å². The first kappa shape index (κ1) is 13.9. The monoisotopic (exact) mass is 306 g/mol. The van der Waals surface area contributed by atoms with Crippen LogP contribution in [0.2, 0.25) is 0 Å². The third-order valence-corrected chi connectivity index (χ3v) is 4.60. The summed E-state index contributed by atoms with van der Waals surface area (Å²) in [7, 11) is 0. The number of likely N-dealkylation sites (tertiary alicyclic amines) is 1. The predicted octanol–water partition coefficient (Wildman–Crippen LogP) is 2.62. The number of carbonyl (C=O) groups excluding carboxylic acids is 1. The summed E-state index contributed by atoms with van der Waals surface area (Å²) in [5.74, 6) is 0.549. The zero-order chi connectivity index (χ0) is 15.8. The zero-order valence-corrected chi connectivity index (χ0v) is 13.0. The molecule has 3 aromatic rings. The standard InChI is InChI=1S/C18H18N4O/c1-13(22-12-20-16-6-2-3-7-17(16)22)18(23)21-10-15(11-21)14-5-4-8-19-9-14/h2-9,12-13,15H,10-11H2,1H3. The molecule has 23 heavy (non-hydrogen) atoms. The molecule has 1 fully saturated rings. The molecule has 4 rings (SSSR count). The minimum atomic E-state index is -0.239. The highest BCUT2D eigenvalue weighted by Gasteiger charge is 2.34. The normalized spacial score (nSPS) is 16.3. The second-order valence-corrected chi connectivity index (χ2v) is 6.04. The maximum Gasteiger partial charge on any atom is 0.245 e. The largest absolute Gasteiger partial charge is 0.340 e. The summed E-state index contributed by atoms with van der Waals surface area (Å²) in [5, 5.41) is 0. The lowest BCUT2D eigenvalue weighted by Crippen LogP contribution is -2.50. The molecule has 5 nitrogen and oxygen atoms in total. The molecule has 116 valence electrons. The minimum Gasteiger partial charge on any atom is -0.340 e. The van der Waals surface area contributed by atoms with Gasteiger partial charge < -0.3 is 9.47 Å². The lowest BCUT2D eigenvalue weighted by Gasteiger charge is -2.40. The van der Waals surface area contributed by atoms with E-state index in [0.29, 0.717) is 5.92 Å². The Labute approximate surface area is 134 Å². The molecule has 0 aliphatic carbocycles. The molecule has 1 atom stereocenters. The number of aromatic nitrogens is 3. The number of pyridine rings is 1. The Morgan fingerprint density at radius 3 is 2.83 bits per heavy atom. The minimum absolute atomic E-state index is 0.147. The maximum absolute atomic E-state index is 12.7. The molecule has 1 saturated heterocycles. The number of nitrogens with zero attached hydrogens (tertiary/aromatic N) is 4. The molecule has 0 spiro atoms. The molecule has 0 N–H and O–H groups in total. The topological polar surface area (TPSA) is 51.0 Å². The number of rotatable bonds is 3. The first-order valence-corrected chi connectivity index (χ1v) is 7.84. The second-order valence-electron chi connectivity index (χ2n) is 6.04. The summed E-state index contributed by atoms with van der Waals surface area (Å²) >= 11 is 0. The second kappa shape index (κ2) is 5.50. The molecule has 1 aliphatic rings. The molecule has 0 bridgehead atoms. The van der Waals surface area contributed by atoms with Crippen molar-refractivity contribution >= 4 is 16.9 Å². The lowest BCUT2D eigenvalue weighted by molar-refractivity contribution is -0.138. The molecule has 1 amide bonds. The maximum atomic E-state index is 12.7. The van der Waals surface area contributed by atoms with Gasteiger partial charge in [-0.05, 0) is 30.7 Å². The summed E-state index contributed by atoms with van der Waals surface area (Å²) in [6, 6.07) is 11.7. The van der Waals surface area contributed by atoms with Gasteiger partial charge in [0.25, 0.3) is 0 Å². The van der Waals surface area contributed by atoms with Crippen LogP contribution < -0.4 is 0 Å². The average molecular weight is 306 g/mol. The highest BCUT2D eigenvalue weighted by atomic mass is 16.2. The van der Waals surface area contributed by atoms with Crippen LogP contribution >= 0.6 is 0 Å². The van der Waals surface area contributed by atoms with E-state index in [1.54, 1.807) is 12.5 Å². The molecule has 3 heterocycles. The van der Waals surface area contributed by atoms with Gasteiger partial charge in [-0.1, -0.05) is 18.2 Å². The van der Waals surface area contributed by atoms with E-state index in [2.05, 4.69) is 16.0 Å². The van der Waals surface area contributed by atoms with Crippen LogP contribution in [0, 0.1) is 0 Å². The quantitative estimate of drug-likeness (QED) is 0.747. The molecule has 1 unspecified atom stereocenters. The van der Waals surface area contributed by atoms with E-state index >= 15 is 0 Å². The van der Waals surface area contributed by atoms with Crippen LogP contribution in [-0.4, -0.2) is 38.4 Å². The van der Waals surface area contributed by atoms with Crippen LogP contribution in [0.15, 0.2) is 55.1 Å². The molecule has 0 radical (unpaired) electrons. The van der Waals surface area contributed by atoms with Crippen molar-refractivity contribution in [2.75, 3.05) is 13.1 Å². The summed E-state index contributed by atoms with van der Waals surface area (Å²) in [6.45, 7) is 3.47. The van der Waals surface area contributed by atoms with E-state index in [1.807, 2.05) is 52.9 Å². The summed E-state index contributed by atoms with van der Waals surface area (Å²) in [5.41, 5.74) is 3.12. The third kappa shape index (κ3) is 2.38. The SMILES string of the molecule is CC(C(=O)N1CC(c2cccnc2)C1)n1cnc2ccccc21. The van der Waals surface area contributed by atoms with Gasteiger partial charge >= 0.3 is 0 Å². The number of hydrogen-bond acceptors (Lipinski definition) is 3. The molecule has 0 saturated carbocycles. The first-order chi connectivity index (χ1) is 11.2. The van der Waals surface area contributed by atoms with E-state index in [9.17, 15) is 4.79 Å². The van der Waals surface area contributed by atoms with Crippen molar-refractivity contribution in [1.82, 2.24) is 19.4 Å². The van der Waals surface area contributed by atoms with Crippen LogP contribution in [0.3, 0.4) is 0 Å². The van der Waals surface area contributed by atoms with E-state index in [4.69, 9.17) is 0 Å². The first-order valence-electron chi connectivity index (χ1n) is 7.84. The van der Waals surface area contributed by atoms with Gasteiger partial charge in [0, 0.05) is 31.4 Å².